The predicted octanol–water partition coefficient (Wildman–Crippen LogP) is 5.08. The molecule has 0 heterocycles. The van der Waals surface area contributed by atoms with Crippen LogP contribution in [0.3, 0.4) is 0 Å². The molecule has 2 aromatic rings. The summed E-state index contributed by atoms with van der Waals surface area (Å²) in [5.41, 5.74) is 1.39. The summed E-state index contributed by atoms with van der Waals surface area (Å²) >= 11 is 0. The van der Waals surface area contributed by atoms with Crippen LogP contribution in [0.25, 0.3) is 0 Å². The molecule has 0 amide bonds. The summed E-state index contributed by atoms with van der Waals surface area (Å²) in [5.74, 6) is -1.23. The van der Waals surface area contributed by atoms with Crippen LogP contribution in [0.5, 0.6) is 5.75 Å². The Morgan fingerprint density at radius 3 is 2.00 bits per heavy atom. The highest BCUT2D eigenvalue weighted by atomic mass is 19.3. The maximum atomic E-state index is 14.1. The lowest BCUT2D eigenvalue weighted by molar-refractivity contribution is -0.186. The molecule has 0 bridgehead atoms. The number of hydrogen-bond acceptors (Lipinski definition) is 1. The number of halogens is 3. The Morgan fingerprint density at radius 1 is 0.905 bits per heavy atom. The zero-order chi connectivity index (χ0) is 15.5. The second kappa shape index (κ2) is 6.20. The zero-order valence-electron chi connectivity index (χ0n) is 12.0. The minimum atomic E-state index is -3.57. The fourth-order valence-electron chi connectivity index (χ4n) is 1.98. The second-order valence-corrected chi connectivity index (χ2v) is 4.79. The summed E-state index contributed by atoms with van der Waals surface area (Å²) in [6, 6.07) is 9.86. The first-order valence-electron chi connectivity index (χ1n) is 6.91. The standard InChI is InChI=1S/C17H17F3O/c1-3-12-5-8-14(9-6-12)17(19,20)21-16-10-7-13(4-2)11-15(16)18/h5-11H,3-4H2,1-2H3. The third-order valence-electron chi connectivity index (χ3n) is 3.34. The van der Waals surface area contributed by atoms with Crippen LogP contribution in [0.2, 0.25) is 0 Å². The molecule has 0 aromatic heterocycles. The summed E-state index contributed by atoms with van der Waals surface area (Å²) in [4.78, 5) is 0. The molecular weight excluding hydrogens is 277 g/mol. The number of aryl methyl sites for hydroxylation is 2. The molecule has 0 aliphatic carbocycles. The van der Waals surface area contributed by atoms with Crippen molar-refractivity contribution in [2.24, 2.45) is 0 Å². The summed E-state index contributed by atoms with van der Waals surface area (Å²) in [5, 5.41) is 0. The molecule has 0 aliphatic rings. The van der Waals surface area contributed by atoms with Gasteiger partial charge in [-0.05, 0) is 48.2 Å². The first-order chi connectivity index (χ1) is 9.96. The lowest BCUT2D eigenvalue weighted by Gasteiger charge is -2.19. The number of hydrogen-bond donors (Lipinski definition) is 0. The van der Waals surface area contributed by atoms with Crippen molar-refractivity contribution in [3.63, 3.8) is 0 Å². The molecule has 0 N–H and O–H groups in total. The van der Waals surface area contributed by atoms with E-state index in [0.717, 1.165) is 17.5 Å². The van der Waals surface area contributed by atoms with Crippen molar-refractivity contribution >= 4 is 0 Å². The van der Waals surface area contributed by atoms with E-state index in [1.807, 2.05) is 13.8 Å². The second-order valence-electron chi connectivity index (χ2n) is 4.79. The van der Waals surface area contributed by atoms with E-state index in [1.165, 1.54) is 24.3 Å². The summed E-state index contributed by atoms with van der Waals surface area (Å²) in [7, 11) is 0. The summed E-state index contributed by atoms with van der Waals surface area (Å²) < 4.78 is 46.4. The highest BCUT2D eigenvalue weighted by Gasteiger charge is 2.35. The Hall–Kier alpha value is -1.97. The van der Waals surface area contributed by atoms with Gasteiger partial charge in [0.15, 0.2) is 11.6 Å². The molecule has 0 aliphatic heterocycles. The summed E-state index contributed by atoms with van der Waals surface area (Å²) in [6.07, 6.45) is -2.17. The number of benzene rings is 2. The van der Waals surface area contributed by atoms with Gasteiger partial charge in [0.25, 0.3) is 0 Å². The van der Waals surface area contributed by atoms with Gasteiger partial charge in [0, 0.05) is 0 Å². The van der Waals surface area contributed by atoms with E-state index in [4.69, 9.17) is 0 Å². The smallest absolute Gasteiger partial charge is 0.426 e. The van der Waals surface area contributed by atoms with Crippen LogP contribution < -0.4 is 4.74 Å². The lowest BCUT2D eigenvalue weighted by atomic mass is 10.1. The van der Waals surface area contributed by atoms with Gasteiger partial charge in [-0.3, -0.25) is 0 Å². The Bertz CT molecular complexity index is 606. The van der Waals surface area contributed by atoms with Gasteiger partial charge in [-0.1, -0.05) is 32.0 Å². The molecule has 0 spiro atoms. The molecule has 0 atom stereocenters. The van der Waals surface area contributed by atoms with Crippen LogP contribution in [0.15, 0.2) is 42.5 Å². The molecule has 0 fully saturated rings. The van der Waals surface area contributed by atoms with Crippen molar-refractivity contribution in [3.05, 3.63) is 65.0 Å². The van der Waals surface area contributed by atoms with Crippen LogP contribution in [0.1, 0.15) is 30.5 Å². The first-order valence-corrected chi connectivity index (χ1v) is 6.91. The molecule has 2 rings (SSSR count). The topological polar surface area (TPSA) is 9.23 Å². The Labute approximate surface area is 122 Å². The maximum absolute atomic E-state index is 14.1. The Kier molecular flexibility index (Phi) is 4.56. The highest BCUT2D eigenvalue weighted by Crippen LogP contribution is 2.33. The summed E-state index contributed by atoms with van der Waals surface area (Å²) in [6.45, 7) is 3.80. The Morgan fingerprint density at radius 2 is 1.48 bits per heavy atom. The normalized spacial score (nSPS) is 11.5. The monoisotopic (exact) mass is 294 g/mol. The van der Waals surface area contributed by atoms with Gasteiger partial charge in [0.1, 0.15) is 0 Å². The van der Waals surface area contributed by atoms with Gasteiger partial charge in [-0.2, -0.15) is 8.78 Å². The van der Waals surface area contributed by atoms with Crippen molar-refractivity contribution in [2.45, 2.75) is 32.8 Å². The molecule has 0 unspecified atom stereocenters. The third kappa shape index (κ3) is 3.57. The SMILES string of the molecule is CCc1ccc(C(F)(F)Oc2ccc(CC)cc2F)cc1. The average molecular weight is 294 g/mol. The zero-order valence-corrected chi connectivity index (χ0v) is 12.0. The van der Waals surface area contributed by atoms with E-state index in [-0.39, 0.29) is 5.56 Å². The molecule has 4 heteroatoms. The molecule has 112 valence electrons. The van der Waals surface area contributed by atoms with E-state index >= 15 is 0 Å². The van der Waals surface area contributed by atoms with E-state index < -0.39 is 17.7 Å². The number of alkyl halides is 2. The van der Waals surface area contributed by atoms with E-state index in [1.54, 1.807) is 18.2 Å². The minimum Gasteiger partial charge on any atom is -0.426 e. The van der Waals surface area contributed by atoms with Gasteiger partial charge < -0.3 is 4.74 Å². The molecule has 0 saturated carbocycles. The quantitative estimate of drug-likeness (QED) is 0.747. The minimum absolute atomic E-state index is 0.293. The van der Waals surface area contributed by atoms with E-state index in [0.29, 0.717) is 6.42 Å². The van der Waals surface area contributed by atoms with Crippen LogP contribution in [-0.2, 0) is 19.0 Å². The van der Waals surface area contributed by atoms with E-state index in [9.17, 15) is 13.2 Å². The van der Waals surface area contributed by atoms with Crippen LogP contribution in [-0.4, -0.2) is 0 Å². The van der Waals surface area contributed by atoms with Gasteiger partial charge in [0.05, 0.1) is 5.56 Å². The largest absolute Gasteiger partial charge is 0.426 e. The highest BCUT2D eigenvalue weighted by molar-refractivity contribution is 5.31. The van der Waals surface area contributed by atoms with Crippen molar-refractivity contribution in [1.29, 1.82) is 0 Å². The number of ether oxygens (including phenoxy) is 1. The Balaban J connectivity index is 2.23. The third-order valence-corrected chi connectivity index (χ3v) is 3.34. The van der Waals surface area contributed by atoms with Gasteiger partial charge in [-0.15, -0.1) is 0 Å². The van der Waals surface area contributed by atoms with Crippen LogP contribution >= 0.6 is 0 Å². The molecule has 2 aromatic carbocycles. The number of rotatable bonds is 5. The van der Waals surface area contributed by atoms with Gasteiger partial charge in [0.2, 0.25) is 0 Å². The van der Waals surface area contributed by atoms with Gasteiger partial charge >= 0.3 is 6.11 Å². The van der Waals surface area contributed by atoms with E-state index in [2.05, 4.69) is 4.74 Å². The first kappa shape index (κ1) is 15.4. The van der Waals surface area contributed by atoms with Gasteiger partial charge in [-0.25, -0.2) is 4.39 Å². The average Bonchev–Trinajstić information content (AvgIpc) is 2.49. The fourth-order valence-corrected chi connectivity index (χ4v) is 1.98. The lowest BCUT2D eigenvalue weighted by Crippen LogP contribution is -2.22. The predicted molar refractivity (Wildman–Crippen MR) is 76.1 cm³/mol. The van der Waals surface area contributed by atoms with Crippen LogP contribution in [0.4, 0.5) is 13.2 Å². The molecule has 21 heavy (non-hydrogen) atoms. The van der Waals surface area contributed by atoms with Crippen LogP contribution in [0, 0.1) is 5.82 Å². The molecular formula is C17H17F3O. The fraction of sp³-hybridized carbons (Fsp3) is 0.294. The molecule has 0 saturated heterocycles. The molecule has 0 radical (unpaired) electrons. The maximum Gasteiger partial charge on any atom is 0.426 e. The van der Waals surface area contributed by atoms with Crippen molar-refractivity contribution < 1.29 is 17.9 Å². The van der Waals surface area contributed by atoms with Crippen molar-refractivity contribution in [1.82, 2.24) is 0 Å². The van der Waals surface area contributed by atoms with Crippen molar-refractivity contribution in [2.75, 3.05) is 0 Å². The molecule has 1 nitrogen and oxygen atoms in total. The van der Waals surface area contributed by atoms with Crippen molar-refractivity contribution in [3.8, 4) is 5.75 Å².